The first-order valence-electron chi connectivity index (χ1n) is 6.95. The SMILES string of the molecule is CN=C(NCCOc1ccc(F)cc1F)NCC(C)(C)SC. The van der Waals surface area contributed by atoms with E-state index in [4.69, 9.17) is 4.74 Å². The first-order chi connectivity index (χ1) is 10.4. The van der Waals surface area contributed by atoms with E-state index in [1.54, 1.807) is 18.8 Å². The highest BCUT2D eigenvalue weighted by atomic mass is 32.2. The van der Waals surface area contributed by atoms with Crippen molar-refractivity contribution >= 4 is 17.7 Å². The lowest BCUT2D eigenvalue weighted by Crippen LogP contribution is -2.44. The Labute approximate surface area is 134 Å². The molecular formula is C15H23F2N3OS. The van der Waals surface area contributed by atoms with Gasteiger partial charge in [-0.1, -0.05) is 0 Å². The molecule has 1 aromatic rings. The Hall–Kier alpha value is -1.50. The second kappa shape index (κ2) is 8.82. The summed E-state index contributed by atoms with van der Waals surface area (Å²) in [5, 5.41) is 6.29. The molecule has 124 valence electrons. The maximum absolute atomic E-state index is 13.4. The molecule has 0 radical (unpaired) electrons. The molecule has 0 aliphatic rings. The topological polar surface area (TPSA) is 45.7 Å². The van der Waals surface area contributed by atoms with Crippen molar-refractivity contribution in [2.45, 2.75) is 18.6 Å². The molecule has 2 N–H and O–H groups in total. The van der Waals surface area contributed by atoms with Crippen molar-refractivity contribution in [1.29, 1.82) is 0 Å². The average molecular weight is 331 g/mol. The van der Waals surface area contributed by atoms with Crippen LogP contribution in [0.15, 0.2) is 23.2 Å². The molecule has 0 fully saturated rings. The third kappa shape index (κ3) is 6.51. The fourth-order valence-electron chi connectivity index (χ4n) is 1.51. The van der Waals surface area contributed by atoms with E-state index >= 15 is 0 Å². The largest absolute Gasteiger partial charge is 0.489 e. The number of nitrogens with one attached hydrogen (secondary N) is 2. The predicted molar refractivity (Wildman–Crippen MR) is 88.8 cm³/mol. The highest BCUT2D eigenvalue weighted by Crippen LogP contribution is 2.19. The van der Waals surface area contributed by atoms with Gasteiger partial charge in [0, 0.05) is 24.4 Å². The maximum atomic E-state index is 13.4. The monoisotopic (exact) mass is 331 g/mol. The van der Waals surface area contributed by atoms with Crippen LogP contribution in [0.25, 0.3) is 0 Å². The summed E-state index contributed by atoms with van der Waals surface area (Å²) in [6, 6.07) is 3.24. The summed E-state index contributed by atoms with van der Waals surface area (Å²) in [7, 11) is 1.68. The normalized spacial score (nSPS) is 12.2. The van der Waals surface area contributed by atoms with E-state index in [1.165, 1.54) is 6.07 Å². The maximum Gasteiger partial charge on any atom is 0.191 e. The number of aliphatic imine (C=N–C) groups is 1. The number of thioether (sulfide) groups is 1. The smallest absolute Gasteiger partial charge is 0.191 e. The van der Waals surface area contributed by atoms with E-state index in [9.17, 15) is 8.78 Å². The Balaban J connectivity index is 2.33. The number of rotatable bonds is 7. The minimum atomic E-state index is -0.704. The molecule has 0 aliphatic heterocycles. The van der Waals surface area contributed by atoms with Crippen LogP contribution in [0.2, 0.25) is 0 Å². The Kier molecular flexibility index (Phi) is 7.44. The molecule has 4 nitrogen and oxygen atoms in total. The summed E-state index contributed by atoms with van der Waals surface area (Å²) in [5.74, 6) is -0.631. The quantitative estimate of drug-likeness (QED) is 0.458. The fraction of sp³-hybridized carbons (Fsp3) is 0.533. The molecule has 1 rings (SSSR count). The third-order valence-electron chi connectivity index (χ3n) is 3.00. The van der Waals surface area contributed by atoms with E-state index in [2.05, 4.69) is 35.7 Å². The highest BCUT2D eigenvalue weighted by molar-refractivity contribution is 7.99. The van der Waals surface area contributed by atoms with E-state index in [1.807, 2.05) is 0 Å². The Morgan fingerprint density at radius 1 is 1.32 bits per heavy atom. The van der Waals surface area contributed by atoms with Crippen LogP contribution in [0, 0.1) is 11.6 Å². The van der Waals surface area contributed by atoms with Crippen LogP contribution in [-0.4, -0.2) is 43.7 Å². The summed E-state index contributed by atoms with van der Waals surface area (Å²) >= 11 is 1.77. The number of guanidine groups is 1. The molecule has 0 saturated carbocycles. The first-order valence-corrected chi connectivity index (χ1v) is 8.18. The van der Waals surface area contributed by atoms with Crippen LogP contribution < -0.4 is 15.4 Å². The molecule has 0 amide bonds. The number of hydrogen-bond donors (Lipinski definition) is 2. The van der Waals surface area contributed by atoms with Crippen molar-refractivity contribution in [3.05, 3.63) is 29.8 Å². The lowest BCUT2D eigenvalue weighted by atomic mass is 10.2. The van der Waals surface area contributed by atoms with Crippen LogP contribution in [0.4, 0.5) is 8.78 Å². The van der Waals surface area contributed by atoms with Gasteiger partial charge in [0.25, 0.3) is 0 Å². The Morgan fingerprint density at radius 2 is 2.05 bits per heavy atom. The van der Waals surface area contributed by atoms with Crippen LogP contribution >= 0.6 is 11.8 Å². The van der Waals surface area contributed by atoms with Crippen LogP contribution in [-0.2, 0) is 0 Å². The van der Waals surface area contributed by atoms with Crippen LogP contribution in [0.1, 0.15) is 13.8 Å². The van der Waals surface area contributed by atoms with Gasteiger partial charge in [0.1, 0.15) is 12.4 Å². The van der Waals surface area contributed by atoms with Crippen LogP contribution in [0.5, 0.6) is 5.75 Å². The summed E-state index contributed by atoms with van der Waals surface area (Å²) in [6.45, 7) is 5.74. The van der Waals surface area contributed by atoms with Gasteiger partial charge in [0.05, 0.1) is 6.54 Å². The number of nitrogens with zero attached hydrogens (tertiary/aromatic N) is 1. The number of hydrogen-bond acceptors (Lipinski definition) is 3. The lowest BCUT2D eigenvalue weighted by Gasteiger charge is -2.23. The zero-order chi connectivity index (χ0) is 16.6. The van der Waals surface area contributed by atoms with Gasteiger partial charge in [0.15, 0.2) is 17.5 Å². The summed E-state index contributed by atoms with van der Waals surface area (Å²) < 4.78 is 31.5. The molecule has 0 atom stereocenters. The van der Waals surface area contributed by atoms with E-state index < -0.39 is 11.6 Å². The van der Waals surface area contributed by atoms with Crippen molar-refractivity contribution in [1.82, 2.24) is 10.6 Å². The highest BCUT2D eigenvalue weighted by Gasteiger charge is 2.16. The standard InChI is InChI=1S/C15H23F2N3OS/c1-15(2,22-4)10-20-14(18-3)19-7-8-21-13-6-5-11(16)9-12(13)17/h5-6,9H,7-8,10H2,1-4H3,(H2,18,19,20). The minimum absolute atomic E-state index is 0.0367. The van der Waals surface area contributed by atoms with Gasteiger partial charge >= 0.3 is 0 Å². The molecule has 7 heteroatoms. The zero-order valence-corrected chi connectivity index (χ0v) is 14.2. The van der Waals surface area contributed by atoms with Crippen molar-refractivity contribution in [3.63, 3.8) is 0 Å². The average Bonchev–Trinajstić information content (AvgIpc) is 2.48. The van der Waals surface area contributed by atoms with Gasteiger partial charge in [-0.3, -0.25) is 4.99 Å². The summed E-state index contributed by atoms with van der Waals surface area (Å²) in [4.78, 5) is 4.11. The van der Waals surface area contributed by atoms with Crippen LogP contribution in [0.3, 0.4) is 0 Å². The van der Waals surface area contributed by atoms with Gasteiger partial charge in [-0.05, 0) is 32.2 Å². The third-order valence-corrected chi connectivity index (χ3v) is 4.25. The Bertz CT molecular complexity index is 510. The second-order valence-corrected chi connectivity index (χ2v) is 6.75. The van der Waals surface area contributed by atoms with Gasteiger partial charge < -0.3 is 15.4 Å². The van der Waals surface area contributed by atoms with E-state index in [-0.39, 0.29) is 17.1 Å². The number of halogens is 2. The molecule has 1 aromatic carbocycles. The lowest BCUT2D eigenvalue weighted by molar-refractivity contribution is 0.304. The first kappa shape index (κ1) is 18.5. The zero-order valence-electron chi connectivity index (χ0n) is 13.4. The van der Waals surface area contributed by atoms with E-state index in [0.717, 1.165) is 18.7 Å². The fourth-order valence-corrected chi connectivity index (χ4v) is 1.73. The predicted octanol–water partition coefficient (Wildman–Crippen LogP) is 2.65. The van der Waals surface area contributed by atoms with Gasteiger partial charge in [0.2, 0.25) is 0 Å². The van der Waals surface area contributed by atoms with Gasteiger partial charge in [-0.2, -0.15) is 11.8 Å². The number of ether oxygens (including phenoxy) is 1. The molecule has 0 spiro atoms. The molecular weight excluding hydrogens is 308 g/mol. The summed E-state index contributed by atoms with van der Waals surface area (Å²) in [5.41, 5.74) is 0. The molecule has 0 bridgehead atoms. The summed E-state index contributed by atoms with van der Waals surface area (Å²) in [6.07, 6.45) is 2.06. The van der Waals surface area contributed by atoms with Crippen molar-refractivity contribution in [2.75, 3.05) is 33.0 Å². The molecule has 0 heterocycles. The van der Waals surface area contributed by atoms with E-state index in [0.29, 0.717) is 12.5 Å². The molecule has 0 saturated heterocycles. The molecule has 0 unspecified atom stereocenters. The van der Waals surface area contributed by atoms with Gasteiger partial charge in [-0.25, -0.2) is 8.78 Å². The van der Waals surface area contributed by atoms with Crippen molar-refractivity contribution < 1.29 is 13.5 Å². The minimum Gasteiger partial charge on any atom is -0.489 e. The number of benzene rings is 1. The van der Waals surface area contributed by atoms with Crippen molar-refractivity contribution in [2.24, 2.45) is 4.99 Å². The molecule has 0 aromatic heterocycles. The van der Waals surface area contributed by atoms with Gasteiger partial charge in [-0.15, -0.1) is 0 Å². The molecule has 22 heavy (non-hydrogen) atoms. The van der Waals surface area contributed by atoms with Crippen molar-refractivity contribution in [3.8, 4) is 5.75 Å². The Morgan fingerprint density at radius 3 is 2.64 bits per heavy atom. The second-order valence-electron chi connectivity index (χ2n) is 5.24. The molecule has 0 aliphatic carbocycles.